The highest BCUT2D eigenvalue weighted by Gasteiger charge is 2.09. The van der Waals surface area contributed by atoms with Gasteiger partial charge in [0.05, 0.1) is 0 Å². The Morgan fingerprint density at radius 1 is 1.07 bits per heavy atom. The standard InChI is InChI=1S/C10H9O3P/c11-14(12,13)10-7-3-5-8-4-1-2-6-9(8)10/h1-7H,(H2,11,12,13)/p-1. The van der Waals surface area contributed by atoms with E-state index in [4.69, 9.17) is 4.89 Å². The fourth-order valence-electron chi connectivity index (χ4n) is 1.45. The van der Waals surface area contributed by atoms with Crippen LogP contribution in [0.5, 0.6) is 0 Å². The molecule has 0 aliphatic rings. The minimum atomic E-state index is -4.41. The molecule has 0 saturated heterocycles. The van der Waals surface area contributed by atoms with Gasteiger partial charge in [-0.25, -0.2) is 0 Å². The van der Waals surface area contributed by atoms with Gasteiger partial charge in [-0.3, -0.25) is 0 Å². The number of fused-ring (bicyclic) bond motifs is 1. The third-order valence-electron chi connectivity index (χ3n) is 2.07. The fourth-order valence-corrected chi connectivity index (χ4v) is 2.24. The van der Waals surface area contributed by atoms with E-state index in [0.717, 1.165) is 5.39 Å². The van der Waals surface area contributed by atoms with Crippen molar-refractivity contribution in [3.05, 3.63) is 42.5 Å². The molecule has 0 aliphatic carbocycles. The van der Waals surface area contributed by atoms with Gasteiger partial charge in [0.15, 0.2) is 7.60 Å². The Morgan fingerprint density at radius 3 is 2.43 bits per heavy atom. The molecule has 0 aromatic heterocycles. The van der Waals surface area contributed by atoms with Crippen molar-refractivity contribution in [1.82, 2.24) is 0 Å². The molecular weight excluding hydrogens is 199 g/mol. The Hall–Kier alpha value is -1.15. The molecule has 2 aromatic rings. The summed E-state index contributed by atoms with van der Waals surface area (Å²) in [7, 11) is -4.41. The first kappa shape index (κ1) is 9.41. The molecule has 1 N–H and O–H groups in total. The Kier molecular flexibility index (Phi) is 2.16. The molecule has 2 rings (SSSR count). The zero-order valence-electron chi connectivity index (χ0n) is 7.25. The van der Waals surface area contributed by atoms with Crippen LogP contribution < -0.4 is 10.2 Å². The smallest absolute Gasteiger partial charge is 0.163 e. The van der Waals surface area contributed by atoms with E-state index in [-0.39, 0.29) is 5.30 Å². The topological polar surface area (TPSA) is 60.4 Å². The van der Waals surface area contributed by atoms with Crippen molar-refractivity contribution in [2.75, 3.05) is 0 Å². The molecule has 72 valence electrons. The van der Waals surface area contributed by atoms with Crippen LogP contribution in [-0.4, -0.2) is 4.89 Å². The first-order chi connectivity index (χ1) is 6.59. The van der Waals surface area contributed by atoms with Crippen LogP contribution in [0.3, 0.4) is 0 Å². The van der Waals surface area contributed by atoms with Crippen molar-refractivity contribution in [2.24, 2.45) is 0 Å². The normalized spacial score (nSPS) is 15.3. The predicted molar refractivity (Wildman–Crippen MR) is 53.4 cm³/mol. The molecule has 3 nitrogen and oxygen atoms in total. The Balaban J connectivity index is 2.85. The van der Waals surface area contributed by atoms with Gasteiger partial charge in [-0.15, -0.1) is 0 Å². The van der Waals surface area contributed by atoms with E-state index >= 15 is 0 Å². The first-order valence-corrected chi connectivity index (χ1v) is 5.69. The van der Waals surface area contributed by atoms with Gasteiger partial charge >= 0.3 is 0 Å². The summed E-state index contributed by atoms with van der Waals surface area (Å²) in [5.74, 6) is 0. The van der Waals surface area contributed by atoms with Gasteiger partial charge < -0.3 is 14.4 Å². The minimum Gasteiger partial charge on any atom is -0.775 e. The molecule has 0 heterocycles. The maximum atomic E-state index is 11.0. The summed E-state index contributed by atoms with van der Waals surface area (Å²) in [5, 5.41) is 1.33. The van der Waals surface area contributed by atoms with Crippen LogP contribution in [0.15, 0.2) is 42.5 Å². The lowest BCUT2D eigenvalue weighted by Gasteiger charge is -2.17. The van der Waals surface area contributed by atoms with E-state index in [1.54, 1.807) is 30.3 Å². The van der Waals surface area contributed by atoms with Gasteiger partial charge in [0.1, 0.15) is 0 Å². The van der Waals surface area contributed by atoms with Crippen molar-refractivity contribution in [1.29, 1.82) is 0 Å². The van der Waals surface area contributed by atoms with Crippen LogP contribution in [0, 0.1) is 0 Å². The average molecular weight is 207 g/mol. The molecule has 0 aliphatic heterocycles. The van der Waals surface area contributed by atoms with Gasteiger partial charge in [-0.05, 0) is 16.8 Å². The molecule has 0 spiro atoms. The van der Waals surface area contributed by atoms with Gasteiger partial charge in [0.2, 0.25) is 0 Å². The van der Waals surface area contributed by atoms with Crippen molar-refractivity contribution in [2.45, 2.75) is 0 Å². The summed E-state index contributed by atoms with van der Waals surface area (Å²) in [5.41, 5.74) is 0. The second kappa shape index (κ2) is 3.21. The van der Waals surface area contributed by atoms with Crippen LogP contribution in [0.4, 0.5) is 0 Å². The Bertz CT molecular complexity index is 510. The molecule has 14 heavy (non-hydrogen) atoms. The summed E-state index contributed by atoms with van der Waals surface area (Å²) in [6, 6.07) is 11.8. The van der Waals surface area contributed by atoms with Gasteiger partial charge in [-0.1, -0.05) is 36.4 Å². The molecule has 0 saturated carbocycles. The second-order valence-electron chi connectivity index (χ2n) is 3.02. The van der Waals surface area contributed by atoms with Crippen LogP contribution >= 0.6 is 7.60 Å². The van der Waals surface area contributed by atoms with Gasteiger partial charge in [0.25, 0.3) is 0 Å². The molecule has 2 aromatic carbocycles. The largest absolute Gasteiger partial charge is 0.775 e. The molecule has 0 fully saturated rings. The highest BCUT2D eigenvalue weighted by Crippen LogP contribution is 2.31. The van der Waals surface area contributed by atoms with E-state index < -0.39 is 7.60 Å². The molecule has 0 amide bonds. The summed E-state index contributed by atoms with van der Waals surface area (Å²) < 4.78 is 11.0. The van der Waals surface area contributed by atoms with Crippen LogP contribution in [0.1, 0.15) is 0 Å². The summed E-state index contributed by atoms with van der Waals surface area (Å²) in [6.45, 7) is 0. The van der Waals surface area contributed by atoms with Crippen LogP contribution in [0.2, 0.25) is 0 Å². The van der Waals surface area contributed by atoms with Crippen molar-refractivity contribution in [3.8, 4) is 0 Å². The van der Waals surface area contributed by atoms with E-state index in [1.807, 2.05) is 6.07 Å². The Morgan fingerprint density at radius 2 is 1.71 bits per heavy atom. The van der Waals surface area contributed by atoms with Gasteiger partial charge in [-0.2, -0.15) is 0 Å². The van der Waals surface area contributed by atoms with Crippen molar-refractivity contribution in [3.63, 3.8) is 0 Å². The number of hydrogen-bond donors (Lipinski definition) is 1. The lowest BCUT2D eigenvalue weighted by molar-refractivity contribution is -0.188. The van der Waals surface area contributed by atoms with E-state index in [1.165, 1.54) is 6.07 Å². The maximum Gasteiger partial charge on any atom is 0.163 e. The lowest BCUT2D eigenvalue weighted by atomic mass is 10.1. The first-order valence-electron chi connectivity index (χ1n) is 4.11. The highest BCUT2D eigenvalue weighted by atomic mass is 31.2. The average Bonchev–Trinajstić information content (AvgIpc) is 2.15. The van der Waals surface area contributed by atoms with Gasteiger partial charge in [0, 0.05) is 5.30 Å². The third-order valence-corrected chi connectivity index (χ3v) is 3.07. The number of hydrogen-bond acceptors (Lipinski definition) is 2. The molecular formula is C10H8O3P-. The SMILES string of the molecule is O=P([O-])(O)c1cccc2ccccc12. The third kappa shape index (κ3) is 1.58. The fraction of sp³-hybridized carbons (Fsp3) is 0. The van der Waals surface area contributed by atoms with E-state index in [0.29, 0.717) is 5.39 Å². The van der Waals surface area contributed by atoms with Crippen molar-refractivity contribution >= 4 is 23.7 Å². The highest BCUT2D eigenvalue weighted by molar-refractivity contribution is 7.59. The molecule has 1 atom stereocenters. The summed E-state index contributed by atoms with van der Waals surface area (Å²) in [4.78, 5) is 20.0. The molecule has 1 unspecified atom stereocenters. The summed E-state index contributed by atoms with van der Waals surface area (Å²) >= 11 is 0. The maximum absolute atomic E-state index is 11.0. The molecule has 0 radical (unpaired) electrons. The van der Waals surface area contributed by atoms with Crippen LogP contribution in [0.25, 0.3) is 10.8 Å². The van der Waals surface area contributed by atoms with E-state index in [2.05, 4.69) is 0 Å². The zero-order valence-corrected chi connectivity index (χ0v) is 8.15. The quantitative estimate of drug-likeness (QED) is 0.710. The lowest BCUT2D eigenvalue weighted by Crippen LogP contribution is -2.14. The summed E-state index contributed by atoms with van der Waals surface area (Å²) in [6.07, 6.45) is 0. The van der Waals surface area contributed by atoms with Crippen molar-refractivity contribution < 1.29 is 14.4 Å². The predicted octanol–water partition coefficient (Wildman–Crippen LogP) is 1.01. The molecule has 0 bridgehead atoms. The van der Waals surface area contributed by atoms with E-state index in [9.17, 15) is 9.46 Å². The number of benzene rings is 2. The second-order valence-corrected chi connectivity index (χ2v) is 4.54. The monoisotopic (exact) mass is 207 g/mol. The number of rotatable bonds is 1. The van der Waals surface area contributed by atoms with Crippen LogP contribution in [-0.2, 0) is 4.57 Å². The zero-order chi connectivity index (χ0) is 10.2. The molecule has 4 heteroatoms. The Labute approximate surface area is 81.2 Å². The minimum absolute atomic E-state index is 0.0180.